The van der Waals surface area contributed by atoms with Crippen molar-refractivity contribution in [1.82, 2.24) is 5.32 Å². The fourth-order valence-electron chi connectivity index (χ4n) is 1.44. The third-order valence-electron chi connectivity index (χ3n) is 2.25. The molecule has 0 radical (unpaired) electrons. The van der Waals surface area contributed by atoms with E-state index < -0.39 is 6.04 Å². The van der Waals surface area contributed by atoms with Gasteiger partial charge in [0.05, 0.1) is 0 Å². The van der Waals surface area contributed by atoms with Crippen LogP contribution in [0.1, 0.15) is 18.5 Å². The number of amides is 1. The van der Waals surface area contributed by atoms with E-state index in [9.17, 15) is 4.79 Å². The van der Waals surface area contributed by atoms with Crippen LogP contribution in [0.5, 0.6) is 0 Å². The van der Waals surface area contributed by atoms with Crippen molar-refractivity contribution in [2.24, 2.45) is 5.73 Å². The van der Waals surface area contributed by atoms with E-state index in [-0.39, 0.29) is 11.9 Å². The van der Waals surface area contributed by atoms with Gasteiger partial charge in [-0.2, -0.15) is 11.8 Å². The summed E-state index contributed by atoms with van der Waals surface area (Å²) in [4.78, 5) is 11.8. The molecule has 1 rings (SSSR count). The van der Waals surface area contributed by atoms with Crippen molar-refractivity contribution in [3.63, 3.8) is 0 Å². The van der Waals surface area contributed by atoms with Gasteiger partial charge in [-0.05, 0) is 18.7 Å². The molecule has 0 aromatic heterocycles. The molecule has 0 aliphatic carbocycles. The van der Waals surface area contributed by atoms with Crippen molar-refractivity contribution in [3.05, 3.63) is 35.9 Å². The van der Waals surface area contributed by atoms with Crippen LogP contribution in [0.4, 0.5) is 0 Å². The second kappa shape index (κ2) is 6.55. The molecule has 3 N–H and O–H groups in total. The predicted octanol–water partition coefficient (Wildman–Crippen LogP) is 1.55. The summed E-state index contributed by atoms with van der Waals surface area (Å²) in [5.41, 5.74) is 6.71. The van der Waals surface area contributed by atoms with E-state index >= 15 is 0 Å². The van der Waals surface area contributed by atoms with Gasteiger partial charge in [0.1, 0.15) is 6.04 Å². The summed E-state index contributed by atoms with van der Waals surface area (Å²) in [7, 11) is 0. The fraction of sp³-hybridized carbons (Fsp3) is 0.417. The molecule has 0 spiro atoms. The van der Waals surface area contributed by atoms with E-state index in [0.29, 0.717) is 0 Å². The Balaban J connectivity index is 2.55. The van der Waals surface area contributed by atoms with Gasteiger partial charge in [0.15, 0.2) is 0 Å². The average molecular weight is 238 g/mol. The summed E-state index contributed by atoms with van der Waals surface area (Å²) in [6.07, 6.45) is 2.01. The first-order valence-corrected chi connectivity index (χ1v) is 6.64. The highest BCUT2D eigenvalue weighted by molar-refractivity contribution is 7.98. The Morgan fingerprint density at radius 3 is 2.62 bits per heavy atom. The quantitative estimate of drug-likeness (QED) is 0.818. The largest absolute Gasteiger partial charge is 0.351 e. The number of hydrogen-bond acceptors (Lipinski definition) is 3. The lowest BCUT2D eigenvalue weighted by Gasteiger charge is -2.16. The first-order valence-electron chi connectivity index (χ1n) is 5.25. The Morgan fingerprint density at radius 1 is 1.44 bits per heavy atom. The monoisotopic (exact) mass is 238 g/mol. The number of carbonyl (C=O) groups is 1. The fourth-order valence-corrected chi connectivity index (χ4v) is 2.02. The van der Waals surface area contributed by atoms with Gasteiger partial charge >= 0.3 is 0 Å². The zero-order valence-electron chi connectivity index (χ0n) is 9.64. The van der Waals surface area contributed by atoms with Crippen molar-refractivity contribution in [2.75, 3.05) is 12.0 Å². The van der Waals surface area contributed by atoms with Crippen molar-refractivity contribution in [2.45, 2.75) is 19.0 Å². The molecule has 4 heteroatoms. The number of rotatable bonds is 5. The van der Waals surface area contributed by atoms with Crippen molar-refractivity contribution in [3.8, 4) is 0 Å². The summed E-state index contributed by atoms with van der Waals surface area (Å²) in [5, 5.41) is 2.89. The number of thioether (sulfide) groups is 1. The normalized spacial score (nSPS) is 14.2. The lowest BCUT2D eigenvalue weighted by atomic mass is 10.1. The van der Waals surface area contributed by atoms with Gasteiger partial charge in [-0.1, -0.05) is 30.3 Å². The minimum atomic E-state index is -0.578. The highest BCUT2D eigenvalue weighted by Gasteiger charge is 2.16. The highest BCUT2D eigenvalue weighted by atomic mass is 32.2. The average Bonchev–Trinajstić information content (AvgIpc) is 2.29. The molecular weight excluding hydrogens is 220 g/mol. The van der Waals surface area contributed by atoms with E-state index in [1.54, 1.807) is 11.8 Å². The first kappa shape index (κ1) is 13.1. The third kappa shape index (κ3) is 3.87. The van der Waals surface area contributed by atoms with Gasteiger partial charge in [-0.15, -0.1) is 0 Å². The molecule has 0 aliphatic heterocycles. The molecule has 0 heterocycles. The molecule has 88 valence electrons. The Labute approximate surface area is 101 Å². The van der Waals surface area contributed by atoms with Gasteiger partial charge in [0.25, 0.3) is 0 Å². The van der Waals surface area contributed by atoms with Crippen molar-refractivity contribution < 1.29 is 4.79 Å². The van der Waals surface area contributed by atoms with E-state index in [1.807, 2.05) is 43.5 Å². The van der Waals surface area contributed by atoms with Gasteiger partial charge in [-0.3, -0.25) is 4.79 Å². The van der Waals surface area contributed by atoms with Gasteiger partial charge in [0.2, 0.25) is 5.91 Å². The molecule has 0 bridgehead atoms. The Bertz CT molecular complexity index is 329. The maximum atomic E-state index is 11.8. The molecule has 0 saturated heterocycles. The van der Waals surface area contributed by atoms with Gasteiger partial charge < -0.3 is 11.1 Å². The molecule has 16 heavy (non-hydrogen) atoms. The zero-order valence-corrected chi connectivity index (χ0v) is 10.5. The summed E-state index contributed by atoms with van der Waals surface area (Å²) in [6.45, 7) is 1.98. The lowest BCUT2D eigenvalue weighted by molar-refractivity contribution is -0.122. The Kier molecular flexibility index (Phi) is 5.35. The van der Waals surface area contributed by atoms with E-state index in [2.05, 4.69) is 5.32 Å². The summed E-state index contributed by atoms with van der Waals surface area (Å²) in [6, 6.07) is 8.97. The second-order valence-corrected chi connectivity index (χ2v) is 4.66. The van der Waals surface area contributed by atoms with Crippen LogP contribution in [0.2, 0.25) is 0 Å². The molecule has 1 amide bonds. The predicted molar refractivity (Wildman–Crippen MR) is 69.4 cm³/mol. The van der Waals surface area contributed by atoms with Crippen LogP contribution in [0, 0.1) is 0 Å². The third-order valence-corrected chi connectivity index (χ3v) is 3.08. The van der Waals surface area contributed by atoms with Crippen LogP contribution in [0.25, 0.3) is 0 Å². The maximum Gasteiger partial charge on any atom is 0.241 e. The Morgan fingerprint density at radius 2 is 2.06 bits per heavy atom. The molecule has 1 unspecified atom stereocenters. The molecule has 1 aromatic rings. The van der Waals surface area contributed by atoms with E-state index in [4.69, 9.17) is 5.73 Å². The van der Waals surface area contributed by atoms with Crippen LogP contribution in [0.3, 0.4) is 0 Å². The Hall–Kier alpha value is -1.00. The van der Waals surface area contributed by atoms with E-state index in [0.717, 1.165) is 11.3 Å². The molecule has 0 aliphatic rings. The zero-order chi connectivity index (χ0) is 12.0. The number of nitrogens with two attached hydrogens (primary N) is 1. The smallest absolute Gasteiger partial charge is 0.241 e. The number of hydrogen-bond donors (Lipinski definition) is 2. The van der Waals surface area contributed by atoms with Crippen LogP contribution in [-0.4, -0.2) is 24.0 Å². The molecule has 0 saturated carbocycles. The van der Waals surface area contributed by atoms with Gasteiger partial charge in [0, 0.05) is 11.8 Å². The van der Waals surface area contributed by atoms with Crippen LogP contribution < -0.4 is 11.1 Å². The SMILES string of the molecule is CSCC(C)NC(=O)[C@H](N)c1ccccc1. The minimum absolute atomic E-state index is 0.118. The van der Waals surface area contributed by atoms with Crippen molar-refractivity contribution >= 4 is 17.7 Å². The van der Waals surface area contributed by atoms with Crippen LogP contribution in [-0.2, 0) is 4.79 Å². The van der Waals surface area contributed by atoms with Crippen LogP contribution in [0.15, 0.2) is 30.3 Å². The lowest BCUT2D eigenvalue weighted by Crippen LogP contribution is -2.40. The molecule has 2 atom stereocenters. The van der Waals surface area contributed by atoms with Crippen molar-refractivity contribution in [1.29, 1.82) is 0 Å². The second-order valence-electron chi connectivity index (χ2n) is 3.75. The van der Waals surface area contributed by atoms with E-state index in [1.165, 1.54) is 0 Å². The summed E-state index contributed by atoms with van der Waals surface area (Å²) in [5.74, 6) is 0.778. The van der Waals surface area contributed by atoms with Crippen LogP contribution >= 0.6 is 11.8 Å². The number of benzene rings is 1. The standard InChI is InChI=1S/C12H18N2OS/c1-9(8-16-2)14-12(15)11(13)10-6-4-3-5-7-10/h3-7,9,11H,8,13H2,1-2H3,(H,14,15)/t9?,11-/m1/s1. The summed E-state index contributed by atoms with van der Waals surface area (Å²) < 4.78 is 0. The molecule has 0 fully saturated rings. The summed E-state index contributed by atoms with van der Waals surface area (Å²) >= 11 is 1.70. The number of carbonyl (C=O) groups excluding carboxylic acids is 1. The topological polar surface area (TPSA) is 55.1 Å². The van der Waals surface area contributed by atoms with Gasteiger partial charge in [-0.25, -0.2) is 0 Å². The first-order chi connectivity index (χ1) is 7.65. The molecular formula is C12H18N2OS. The maximum absolute atomic E-state index is 11.8. The number of nitrogens with one attached hydrogen (secondary N) is 1. The minimum Gasteiger partial charge on any atom is -0.351 e. The molecule has 1 aromatic carbocycles. The molecule has 3 nitrogen and oxygen atoms in total. The highest BCUT2D eigenvalue weighted by Crippen LogP contribution is 2.09.